The Labute approximate surface area is 289 Å². The van der Waals surface area contributed by atoms with Gasteiger partial charge in [0.25, 0.3) is 0 Å². The quantitative estimate of drug-likeness (QED) is 0.0918. The summed E-state index contributed by atoms with van der Waals surface area (Å²) in [5.41, 5.74) is 5.70. The van der Waals surface area contributed by atoms with Crippen molar-refractivity contribution >= 4 is 29.7 Å². The molecule has 0 spiro atoms. The standard InChI is InChI=1S/C38H40N2O8S/c1-3-46-34(42)21-40-38(45)39-20-30-6-4-5-7-32(30)26-12-14-29(15-13-26)37-47-33(23-49-31-18-16-28(17-19-31)36(43)44)24(2)35(48-37)27-10-8-25(22-41)9-11-27/h4-19,24,33,35,37,41H,3,20-23H2,1-2H3,(H,43,44)(H2,39,40,45)/t24-,33+,35+,37+/m1/s1. The lowest BCUT2D eigenvalue weighted by molar-refractivity contribution is -0.268. The fourth-order valence-electron chi connectivity index (χ4n) is 5.56. The molecule has 0 saturated carbocycles. The molecule has 4 aromatic carbocycles. The Morgan fingerprint density at radius 2 is 1.55 bits per heavy atom. The van der Waals surface area contributed by atoms with Crippen molar-refractivity contribution in [2.24, 2.45) is 5.92 Å². The number of esters is 1. The fourth-order valence-corrected chi connectivity index (χ4v) is 6.63. The van der Waals surface area contributed by atoms with Gasteiger partial charge in [0.1, 0.15) is 6.54 Å². The van der Waals surface area contributed by atoms with E-state index in [-0.39, 0.29) is 50.0 Å². The van der Waals surface area contributed by atoms with Crippen molar-refractivity contribution in [3.63, 3.8) is 0 Å². The number of benzene rings is 4. The predicted molar refractivity (Wildman–Crippen MR) is 186 cm³/mol. The van der Waals surface area contributed by atoms with E-state index in [2.05, 4.69) is 17.6 Å². The number of urea groups is 1. The number of carbonyl (C=O) groups excluding carboxylic acids is 2. The molecule has 1 aliphatic rings. The molecule has 0 unspecified atom stereocenters. The molecule has 2 amide bonds. The molecule has 0 aliphatic carbocycles. The van der Waals surface area contributed by atoms with E-state index in [9.17, 15) is 24.6 Å². The molecule has 4 aromatic rings. The molecule has 0 radical (unpaired) electrons. The van der Waals surface area contributed by atoms with Crippen LogP contribution in [0.25, 0.3) is 11.1 Å². The summed E-state index contributed by atoms with van der Waals surface area (Å²) in [4.78, 5) is 36.1. The van der Waals surface area contributed by atoms with Crippen LogP contribution in [0.1, 0.15) is 58.9 Å². The van der Waals surface area contributed by atoms with Crippen molar-refractivity contribution in [3.8, 4) is 11.1 Å². The van der Waals surface area contributed by atoms with E-state index in [4.69, 9.17) is 14.2 Å². The zero-order valence-electron chi connectivity index (χ0n) is 27.3. The number of nitrogens with one attached hydrogen (secondary N) is 2. The maximum absolute atomic E-state index is 12.3. The minimum atomic E-state index is -0.961. The van der Waals surface area contributed by atoms with Crippen molar-refractivity contribution in [1.29, 1.82) is 0 Å². The van der Waals surface area contributed by atoms with Gasteiger partial charge in [0.2, 0.25) is 0 Å². The largest absolute Gasteiger partial charge is 0.478 e. The lowest BCUT2D eigenvalue weighted by atomic mass is 9.91. The van der Waals surface area contributed by atoms with Crippen LogP contribution < -0.4 is 10.6 Å². The van der Waals surface area contributed by atoms with Crippen LogP contribution in [-0.4, -0.2) is 53.2 Å². The second kappa shape index (κ2) is 17.1. The highest BCUT2D eigenvalue weighted by atomic mass is 32.2. The van der Waals surface area contributed by atoms with Crippen molar-refractivity contribution in [2.75, 3.05) is 18.9 Å². The molecule has 49 heavy (non-hydrogen) atoms. The molecule has 1 aliphatic heterocycles. The number of aliphatic hydroxyl groups is 1. The molecule has 4 atom stereocenters. The maximum Gasteiger partial charge on any atom is 0.335 e. The van der Waals surface area contributed by atoms with Crippen LogP contribution in [0.4, 0.5) is 4.79 Å². The second-order valence-electron chi connectivity index (χ2n) is 11.6. The van der Waals surface area contributed by atoms with Gasteiger partial charge in [-0.3, -0.25) is 4.79 Å². The monoisotopic (exact) mass is 684 g/mol. The number of ether oxygens (including phenoxy) is 3. The number of thioether (sulfide) groups is 1. The summed E-state index contributed by atoms with van der Waals surface area (Å²) in [7, 11) is 0. The van der Waals surface area contributed by atoms with Crippen molar-refractivity contribution in [3.05, 3.63) is 125 Å². The molecule has 4 N–H and O–H groups in total. The first-order chi connectivity index (χ1) is 23.7. The van der Waals surface area contributed by atoms with E-state index in [0.717, 1.165) is 38.3 Å². The Morgan fingerprint density at radius 3 is 2.22 bits per heavy atom. The van der Waals surface area contributed by atoms with Gasteiger partial charge in [0.05, 0.1) is 31.0 Å². The molecule has 1 heterocycles. The summed E-state index contributed by atoms with van der Waals surface area (Å²) in [6, 6.07) is 29.8. The van der Waals surface area contributed by atoms with Gasteiger partial charge in [0, 0.05) is 28.7 Å². The van der Waals surface area contributed by atoms with E-state index in [1.807, 2.05) is 84.9 Å². The summed E-state index contributed by atoms with van der Waals surface area (Å²) in [6.07, 6.45) is -1.10. The first kappa shape index (κ1) is 35.6. The number of hydrogen-bond donors (Lipinski definition) is 4. The number of aromatic carboxylic acids is 1. The molecular formula is C38H40N2O8S. The number of carboxylic acid groups (broad SMARTS) is 1. The van der Waals surface area contributed by atoms with Gasteiger partial charge >= 0.3 is 18.0 Å². The minimum Gasteiger partial charge on any atom is -0.478 e. The Balaban J connectivity index is 1.31. The molecule has 1 fully saturated rings. The highest BCUT2D eigenvalue weighted by Gasteiger charge is 2.38. The molecule has 1 saturated heterocycles. The van der Waals surface area contributed by atoms with Crippen LogP contribution in [0.15, 0.2) is 102 Å². The summed E-state index contributed by atoms with van der Waals surface area (Å²) in [5.74, 6) is -0.834. The lowest BCUT2D eigenvalue weighted by Gasteiger charge is -2.41. The summed E-state index contributed by atoms with van der Waals surface area (Å²) in [6.45, 7) is 4.07. The van der Waals surface area contributed by atoms with Gasteiger partial charge in [-0.15, -0.1) is 11.8 Å². The minimum absolute atomic E-state index is 0.00448. The van der Waals surface area contributed by atoms with Gasteiger partial charge in [0.15, 0.2) is 6.29 Å². The third kappa shape index (κ3) is 9.48. The highest BCUT2D eigenvalue weighted by molar-refractivity contribution is 7.99. The van der Waals surface area contributed by atoms with Crippen LogP contribution in [-0.2, 0) is 32.2 Å². The smallest absolute Gasteiger partial charge is 0.335 e. The van der Waals surface area contributed by atoms with Gasteiger partial charge < -0.3 is 35.1 Å². The summed E-state index contributed by atoms with van der Waals surface area (Å²) in [5, 5.41) is 24.1. The number of rotatable bonds is 13. The zero-order valence-corrected chi connectivity index (χ0v) is 28.2. The average molecular weight is 685 g/mol. The van der Waals surface area contributed by atoms with Crippen molar-refractivity contribution in [1.82, 2.24) is 10.6 Å². The highest BCUT2D eigenvalue weighted by Crippen LogP contribution is 2.43. The van der Waals surface area contributed by atoms with E-state index in [1.54, 1.807) is 30.8 Å². The Hall–Kier alpha value is -4.68. The number of aliphatic hydroxyl groups excluding tert-OH is 1. The van der Waals surface area contributed by atoms with E-state index >= 15 is 0 Å². The molecule has 5 rings (SSSR count). The van der Waals surface area contributed by atoms with Crippen LogP contribution in [0.2, 0.25) is 0 Å². The Bertz CT molecular complexity index is 1710. The number of hydrogen-bond acceptors (Lipinski definition) is 8. The number of carboxylic acids is 1. The Morgan fingerprint density at radius 1 is 0.857 bits per heavy atom. The van der Waals surface area contributed by atoms with E-state index in [0.29, 0.717) is 5.75 Å². The third-order valence-electron chi connectivity index (χ3n) is 8.29. The van der Waals surface area contributed by atoms with Crippen LogP contribution >= 0.6 is 11.8 Å². The molecular weight excluding hydrogens is 644 g/mol. The fraction of sp³-hybridized carbons (Fsp3) is 0.289. The average Bonchev–Trinajstić information content (AvgIpc) is 3.13. The molecule has 0 aromatic heterocycles. The Kier molecular flexibility index (Phi) is 12.4. The van der Waals surface area contributed by atoms with Gasteiger partial charge in [-0.1, -0.05) is 79.7 Å². The third-order valence-corrected chi connectivity index (χ3v) is 9.39. The first-order valence-corrected chi connectivity index (χ1v) is 17.1. The maximum atomic E-state index is 12.3. The second-order valence-corrected chi connectivity index (χ2v) is 12.7. The van der Waals surface area contributed by atoms with E-state index < -0.39 is 24.3 Å². The SMILES string of the molecule is CCOC(=O)CNC(=O)NCc1ccccc1-c1ccc([C@H]2O[C@@H](CSc3ccc(C(=O)O)cc3)[C@@H](C)[C@@H](c3ccc(CO)cc3)O2)cc1. The summed E-state index contributed by atoms with van der Waals surface area (Å²) >= 11 is 1.60. The van der Waals surface area contributed by atoms with Crippen LogP contribution in [0.3, 0.4) is 0 Å². The van der Waals surface area contributed by atoms with E-state index in [1.165, 1.54) is 0 Å². The van der Waals surface area contributed by atoms with Crippen molar-refractivity contribution in [2.45, 2.75) is 50.4 Å². The zero-order chi connectivity index (χ0) is 34.8. The molecule has 11 heteroatoms. The predicted octanol–water partition coefficient (Wildman–Crippen LogP) is 6.49. The molecule has 10 nitrogen and oxygen atoms in total. The normalized spacial score (nSPS) is 18.8. The molecule has 0 bridgehead atoms. The topological polar surface area (TPSA) is 143 Å². The van der Waals surface area contributed by atoms with Crippen molar-refractivity contribution < 1.29 is 38.8 Å². The number of carbonyl (C=O) groups is 3. The lowest BCUT2D eigenvalue weighted by Crippen LogP contribution is -2.38. The van der Waals surface area contributed by atoms with Gasteiger partial charge in [-0.25, -0.2) is 9.59 Å². The van der Waals surface area contributed by atoms with Crippen LogP contribution in [0, 0.1) is 5.92 Å². The van der Waals surface area contributed by atoms with Gasteiger partial charge in [-0.2, -0.15) is 0 Å². The first-order valence-electron chi connectivity index (χ1n) is 16.1. The summed E-state index contributed by atoms with van der Waals surface area (Å²) < 4.78 is 18.0. The van der Waals surface area contributed by atoms with Crippen LogP contribution in [0.5, 0.6) is 0 Å². The molecule has 256 valence electrons. The van der Waals surface area contributed by atoms with Gasteiger partial charge in [-0.05, 0) is 59.0 Å². The number of amides is 2.